The monoisotopic (exact) mass is 306 g/mol. The molecule has 1 aromatic carbocycles. The molecule has 0 spiro atoms. The lowest BCUT2D eigenvalue weighted by atomic mass is 10.2. The van der Waals surface area contributed by atoms with Crippen molar-refractivity contribution in [3.63, 3.8) is 0 Å². The minimum atomic E-state index is 0.436. The number of aromatic nitrogens is 2. The third-order valence-corrected chi connectivity index (χ3v) is 4.69. The third kappa shape index (κ3) is 2.74. The van der Waals surface area contributed by atoms with E-state index in [2.05, 4.69) is 41.3 Å². The number of fused-ring (bicyclic) bond motifs is 1. The number of likely N-dealkylation sites (N-methyl/N-ethyl adjacent to an activating group) is 1. The van der Waals surface area contributed by atoms with Crippen LogP contribution in [0.25, 0.3) is 11.0 Å². The Morgan fingerprint density at radius 2 is 1.95 bits per heavy atom. The third-order valence-electron chi connectivity index (χ3n) is 4.45. The van der Waals surface area contributed by atoms with Crippen molar-refractivity contribution in [1.82, 2.24) is 14.5 Å². The van der Waals surface area contributed by atoms with Crippen molar-refractivity contribution in [2.24, 2.45) is 0 Å². The lowest BCUT2D eigenvalue weighted by Crippen LogP contribution is -2.45. The maximum Gasteiger partial charge on any atom is 0.206 e. The highest BCUT2D eigenvalue weighted by molar-refractivity contribution is 6.31. The van der Waals surface area contributed by atoms with Crippen LogP contribution in [0.15, 0.2) is 18.2 Å². The smallest absolute Gasteiger partial charge is 0.206 e. The van der Waals surface area contributed by atoms with E-state index in [1.54, 1.807) is 0 Å². The van der Waals surface area contributed by atoms with Crippen molar-refractivity contribution in [2.45, 2.75) is 26.3 Å². The molecule has 1 atom stereocenters. The molecule has 0 aliphatic carbocycles. The lowest BCUT2D eigenvalue weighted by Gasteiger charge is -2.34. The van der Waals surface area contributed by atoms with Gasteiger partial charge in [0.15, 0.2) is 0 Å². The summed E-state index contributed by atoms with van der Waals surface area (Å²) in [6.45, 7) is 8.72. The Labute approximate surface area is 131 Å². The van der Waals surface area contributed by atoms with Crippen LogP contribution in [-0.2, 0) is 0 Å². The Morgan fingerprint density at radius 1 is 1.24 bits per heavy atom. The molecule has 0 saturated carbocycles. The summed E-state index contributed by atoms with van der Waals surface area (Å²) in [4.78, 5) is 9.64. The molecule has 2 aromatic rings. The second-order valence-electron chi connectivity index (χ2n) is 5.96. The maximum absolute atomic E-state index is 6.13. The van der Waals surface area contributed by atoms with E-state index in [1.807, 2.05) is 12.1 Å². The molecule has 0 bridgehead atoms. The summed E-state index contributed by atoms with van der Waals surface area (Å²) in [5, 5.41) is 0.751. The molecular weight excluding hydrogens is 284 g/mol. The molecule has 1 saturated heterocycles. The number of hydrogen-bond donors (Lipinski definition) is 0. The molecule has 0 N–H and O–H groups in total. The van der Waals surface area contributed by atoms with Gasteiger partial charge in [0.05, 0.1) is 11.0 Å². The first-order valence-corrected chi connectivity index (χ1v) is 8.09. The predicted octanol–water partition coefficient (Wildman–Crippen LogP) is 3.41. The van der Waals surface area contributed by atoms with Crippen LogP contribution in [0.3, 0.4) is 0 Å². The molecule has 1 unspecified atom stereocenters. The zero-order chi connectivity index (χ0) is 15.0. The Hall–Kier alpha value is -1.26. The highest BCUT2D eigenvalue weighted by Gasteiger charge is 2.22. The minimum Gasteiger partial charge on any atom is -0.340 e. The number of benzene rings is 1. The average molecular weight is 307 g/mol. The van der Waals surface area contributed by atoms with Crippen molar-refractivity contribution in [1.29, 1.82) is 0 Å². The zero-order valence-electron chi connectivity index (χ0n) is 13.0. The number of halogens is 1. The SMILES string of the molecule is CCC(C)n1c(N2CCN(C)CC2)nc2cc(Cl)ccc21. The largest absolute Gasteiger partial charge is 0.340 e. The Bertz CT molecular complexity index is 628. The van der Waals surface area contributed by atoms with Crippen LogP contribution in [0.2, 0.25) is 5.02 Å². The summed E-state index contributed by atoms with van der Waals surface area (Å²) >= 11 is 6.13. The quantitative estimate of drug-likeness (QED) is 0.868. The van der Waals surface area contributed by atoms with Crippen LogP contribution in [0.4, 0.5) is 5.95 Å². The second-order valence-corrected chi connectivity index (χ2v) is 6.40. The molecule has 0 amide bonds. The number of anilines is 1. The normalized spacial score (nSPS) is 18.4. The molecule has 114 valence electrons. The van der Waals surface area contributed by atoms with Crippen LogP contribution in [0.1, 0.15) is 26.3 Å². The van der Waals surface area contributed by atoms with Gasteiger partial charge in [0.25, 0.3) is 0 Å². The first-order chi connectivity index (χ1) is 10.1. The number of imidazole rings is 1. The molecule has 1 fully saturated rings. The van der Waals surface area contributed by atoms with E-state index in [0.29, 0.717) is 6.04 Å². The number of piperazine rings is 1. The zero-order valence-corrected chi connectivity index (χ0v) is 13.8. The molecule has 1 aliphatic rings. The predicted molar refractivity (Wildman–Crippen MR) is 89.5 cm³/mol. The first-order valence-electron chi connectivity index (χ1n) is 7.71. The molecule has 3 rings (SSSR count). The standard InChI is InChI=1S/C16H23ClN4/c1-4-12(2)21-15-6-5-13(17)11-14(15)18-16(21)20-9-7-19(3)8-10-20/h5-6,11-12H,4,7-10H2,1-3H3. The number of rotatable bonds is 3. The second kappa shape index (κ2) is 5.85. The van der Waals surface area contributed by atoms with E-state index >= 15 is 0 Å². The lowest BCUT2D eigenvalue weighted by molar-refractivity contribution is 0.309. The first kappa shape index (κ1) is 14.7. The topological polar surface area (TPSA) is 24.3 Å². The summed E-state index contributed by atoms with van der Waals surface area (Å²) in [7, 11) is 2.18. The van der Waals surface area contributed by atoms with Crippen molar-refractivity contribution in [3.05, 3.63) is 23.2 Å². The fraction of sp³-hybridized carbons (Fsp3) is 0.562. The molecule has 1 aliphatic heterocycles. The molecule has 5 heteroatoms. The summed E-state index contributed by atoms with van der Waals surface area (Å²) in [6.07, 6.45) is 1.09. The molecule has 0 radical (unpaired) electrons. The highest BCUT2D eigenvalue weighted by Crippen LogP contribution is 2.30. The molecular formula is C16H23ClN4. The molecule has 2 heterocycles. The van der Waals surface area contributed by atoms with E-state index in [4.69, 9.17) is 16.6 Å². The van der Waals surface area contributed by atoms with E-state index in [9.17, 15) is 0 Å². The summed E-state index contributed by atoms with van der Waals surface area (Å²) in [6, 6.07) is 6.45. The number of hydrogen-bond acceptors (Lipinski definition) is 3. The van der Waals surface area contributed by atoms with Crippen LogP contribution in [0.5, 0.6) is 0 Å². The highest BCUT2D eigenvalue weighted by atomic mass is 35.5. The summed E-state index contributed by atoms with van der Waals surface area (Å²) < 4.78 is 2.37. The summed E-state index contributed by atoms with van der Waals surface area (Å²) in [5.74, 6) is 1.09. The van der Waals surface area contributed by atoms with Crippen LogP contribution < -0.4 is 4.90 Å². The van der Waals surface area contributed by atoms with Gasteiger partial charge in [0, 0.05) is 37.2 Å². The van der Waals surface area contributed by atoms with Gasteiger partial charge in [-0.3, -0.25) is 0 Å². The van der Waals surface area contributed by atoms with Crippen molar-refractivity contribution in [3.8, 4) is 0 Å². The van der Waals surface area contributed by atoms with Crippen LogP contribution >= 0.6 is 11.6 Å². The molecule has 1 aromatic heterocycles. The average Bonchev–Trinajstić information content (AvgIpc) is 2.85. The Balaban J connectivity index is 2.07. The van der Waals surface area contributed by atoms with Crippen molar-refractivity contribution in [2.75, 3.05) is 38.1 Å². The van der Waals surface area contributed by atoms with Crippen LogP contribution in [-0.4, -0.2) is 47.7 Å². The van der Waals surface area contributed by atoms with Gasteiger partial charge < -0.3 is 14.4 Å². The van der Waals surface area contributed by atoms with E-state index in [-0.39, 0.29) is 0 Å². The fourth-order valence-corrected chi connectivity index (χ4v) is 3.07. The Morgan fingerprint density at radius 3 is 2.62 bits per heavy atom. The van der Waals surface area contributed by atoms with Gasteiger partial charge in [-0.15, -0.1) is 0 Å². The number of nitrogens with zero attached hydrogens (tertiary/aromatic N) is 4. The summed E-state index contributed by atoms with van der Waals surface area (Å²) in [5.41, 5.74) is 2.18. The van der Waals surface area contributed by atoms with Gasteiger partial charge in [-0.1, -0.05) is 18.5 Å². The van der Waals surface area contributed by atoms with Gasteiger partial charge in [-0.2, -0.15) is 0 Å². The van der Waals surface area contributed by atoms with Gasteiger partial charge in [0.2, 0.25) is 5.95 Å². The Kier molecular flexibility index (Phi) is 4.09. The maximum atomic E-state index is 6.13. The minimum absolute atomic E-state index is 0.436. The van der Waals surface area contributed by atoms with E-state index < -0.39 is 0 Å². The van der Waals surface area contributed by atoms with E-state index in [1.165, 1.54) is 5.52 Å². The van der Waals surface area contributed by atoms with Crippen molar-refractivity contribution >= 4 is 28.6 Å². The molecule has 21 heavy (non-hydrogen) atoms. The van der Waals surface area contributed by atoms with E-state index in [0.717, 1.165) is 49.1 Å². The van der Waals surface area contributed by atoms with Gasteiger partial charge >= 0.3 is 0 Å². The van der Waals surface area contributed by atoms with Gasteiger partial charge in [0.1, 0.15) is 0 Å². The fourth-order valence-electron chi connectivity index (χ4n) is 2.91. The van der Waals surface area contributed by atoms with Gasteiger partial charge in [-0.25, -0.2) is 4.98 Å². The van der Waals surface area contributed by atoms with Crippen LogP contribution in [0, 0.1) is 0 Å². The van der Waals surface area contributed by atoms with Gasteiger partial charge in [-0.05, 0) is 38.6 Å². The molecule has 4 nitrogen and oxygen atoms in total. The van der Waals surface area contributed by atoms with Crippen molar-refractivity contribution < 1.29 is 0 Å².